The number of amides is 5. The Bertz CT molecular complexity index is 2760. The van der Waals surface area contributed by atoms with Crippen molar-refractivity contribution >= 4 is 52.0 Å². The van der Waals surface area contributed by atoms with Crippen molar-refractivity contribution in [1.29, 1.82) is 0 Å². The van der Waals surface area contributed by atoms with Gasteiger partial charge in [-0.1, -0.05) is 40.3 Å². The molecular formula is C50H62F3N9O9S. The molecule has 7 heterocycles. The van der Waals surface area contributed by atoms with Crippen LogP contribution in [0.3, 0.4) is 0 Å². The maximum Gasteiger partial charge on any atom is 0.406 e. The van der Waals surface area contributed by atoms with E-state index in [4.69, 9.17) is 19.2 Å². The lowest BCUT2D eigenvalue weighted by Gasteiger charge is -2.54. The Hall–Kier alpha value is -5.94. The Morgan fingerprint density at radius 3 is 2.56 bits per heavy atom. The molecule has 0 saturated carbocycles. The number of morpholine rings is 1. The van der Waals surface area contributed by atoms with Gasteiger partial charge in [0.2, 0.25) is 17.5 Å². The van der Waals surface area contributed by atoms with E-state index in [1.54, 1.807) is 81.4 Å². The number of hydrazine groups is 1. The molecule has 4 aromatic rings. The fourth-order valence-electron chi connectivity index (χ4n) is 10.3. The molecule has 388 valence electrons. The third-order valence-corrected chi connectivity index (χ3v) is 14.7. The van der Waals surface area contributed by atoms with Crippen LogP contribution in [0.4, 0.5) is 18.0 Å². The zero-order valence-electron chi connectivity index (χ0n) is 41.5. The fourth-order valence-corrected chi connectivity index (χ4v) is 11.1. The number of urea groups is 1. The molecule has 1 spiro atoms. The number of halogens is 3. The zero-order valence-corrected chi connectivity index (χ0v) is 42.3. The van der Waals surface area contributed by atoms with Crippen molar-refractivity contribution in [1.82, 2.24) is 45.0 Å². The van der Waals surface area contributed by atoms with Gasteiger partial charge in [-0.3, -0.25) is 24.4 Å². The number of aromatic nitrogens is 3. The highest BCUT2D eigenvalue weighted by Crippen LogP contribution is 2.43. The van der Waals surface area contributed by atoms with Gasteiger partial charge in [0.25, 0.3) is 5.91 Å². The van der Waals surface area contributed by atoms with E-state index in [1.165, 1.54) is 45.9 Å². The van der Waals surface area contributed by atoms with Crippen LogP contribution in [0.1, 0.15) is 69.8 Å². The normalized spacial score (nSPS) is 22.2. The second kappa shape index (κ2) is 20.2. The summed E-state index contributed by atoms with van der Waals surface area (Å²) in [5.41, 5.74) is 1.61. The highest BCUT2D eigenvalue weighted by Gasteiger charge is 2.52. The number of thiazole rings is 1. The van der Waals surface area contributed by atoms with E-state index in [1.807, 2.05) is 0 Å². The Labute approximate surface area is 419 Å². The number of carbonyl (C=O) groups excluding carboxylic acids is 5. The van der Waals surface area contributed by atoms with Gasteiger partial charge in [-0.2, -0.15) is 18.6 Å². The van der Waals surface area contributed by atoms with Crippen LogP contribution < -0.4 is 10.7 Å². The highest BCUT2D eigenvalue weighted by atomic mass is 32.1. The summed E-state index contributed by atoms with van der Waals surface area (Å²) in [7, 11) is 2.99. The monoisotopic (exact) mass is 1020 g/mol. The van der Waals surface area contributed by atoms with Crippen molar-refractivity contribution in [2.24, 2.45) is 11.3 Å². The number of nitrogens with zero attached hydrogens (tertiary/aromatic N) is 7. The summed E-state index contributed by atoms with van der Waals surface area (Å²) >= 11 is 1.21. The van der Waals surface area contributed by atoms with Crippen LogP contribution in [0.25, 0.3) is 33.4 Å². The number of benzene rings is 1. The summed E-state index contributed by atoms with van der Waals surface area (Å²) in [6, 6.07) is 5.59. The summed E-state index contributed by atoms with van der Waals surface area (Å²) in [5, 5.41) is 18.5. The maximum atomic E-state index is 14.7. The average molecular weight is 1020 g/mol. The summed E-state index contributed by atoms with van der Waals surface area (Å²) in [4.78, 5) is 83.5. The molecule has 0 radical (unpaired) electrons. The van der Waals surface area contributed by atoms with Gasteiger partial charge in [0, 0.05) is 79.1 Å². The number of ether oxygens (including phenoxy) is 3. The van der Waals surface area contributed by atoms with Gasteiger partial charge in [-0.25, -0.2) is 14.6 Å². The molecule has 0 aliphatic carbocycles. The fraction of sp³-hybridized carbons (Fsp3) is 0.540. The van der Waals surface area contributed by atoms with E-state index >= 15 is 0 Å². The van der Waals surface area contributed by atoms with Crippen LogP contribution in [0.2, 0.25) is 0 Å². The smallest absolute Gasteiger partial charge is 0.406 e. The number of pyridine rings is 1. The molecule has 4 aliphatic heterocycles. The van der Waals surface area contributed by atoms with Crippen LogP contribution in [0.15, 0.2) is 54.6 Å². The quantitative estimate of drug-likeness (QED) is 0.146. The molecule has 3 N–H and O–H groups in total. The van der Waals surface area contributed by atoms with Crippen LogP contribution >= 0.6 is 11.3 Å². The maximum absolute atomic E-state index is 14.7. The standard InChI is InChI=1S/C50H62F3N9O9S/c1-9-39(63)59-18-19-71-48(24-59)25-60(26-48)46(67)58(7)41(29(2)3)43(64)56-35-21-38-55-36(23-72-38)31-13-14-37-33(20-31)34(22-47(5,6)28-70-45(66)49(68)15-11-17-62(57-49)44(35)65)42(61(37)27-50(51,52)53)32-12-10-16-54-40(32)30(4)69-8/h9-10,12-14,16,20,23,29-30,35,41,57,68H,1,11,15,17-19,21-22,24-28H2,2-8H3,(H,56,64)/t30-,35-,41-,49-/m0/s1. The first-order valence-corrected chi connectivity index (χ1v) is 24.8. The van der Waals surface area contributed by atoms with Gasteiger partial charge in [0.1, 0.15) is 24.2 Å². The van der Waals surface area contributed by atoms with Crippen molar-refractivity contribution in [3.63, 3.8) is 0 Å². The molecule has 3 fully saturated rings. The number of aliphatic hydroxyl groups is 1. The number of methoxy groups -OCH3 is 1. The molecule has 0 unspecified atom stereocenters. The average Bonchev–Trinajstić information content (AvgIpc) is 3.91. The van der Waals surface area contributed by atoms with Gasteiger partial charge in [0.15, 0.2) is 0 Å². The van der Waals surface area contributed by atoms with Crippen LogP contribution in [0, 0.1) is 11.3 Å². The number of nitrogens with one attached hydrogen (secondary N) is 2. The molecule has 8 rings (SSSR count). The number of cyclic esters (lactones) is 1. The molecule has 5 amide bonds. The number of likely N-dealkylation sites (N-methyl/N-ethyl adjacent to an activating group) is 1. The van der Waals surface area contributed by atoms with Crippen molar-refractivity contribution in [3.05, 3.63) is 70.8 Å². The third kappa shape index (κ3) is 10.6. The lowest BCUT2D eigenvalue weighted by atomic mass is 9.84. The Morgan fingerprint density at radius 2 is 1.86 bits per heavy atom. The van der Waals surface area contributed by atoms with E-state index in [2.05, 4.69) is 22.3 Å². The molecule has 4 aliphatic rings. The Morgan fingerprint density at radius 1 is 1.12 bits per heavy atom. The lowest BCUT2D eigenvalue weighted by Crippen LogP contribution is -2.73. The number of carbonyl (C=O) groups is 5. The largest absolute Gasteiger partial charge is 0.462 e. The second-order valence-corrected chi connectivity index (χ2v) is 21.3. The first-order chi connectivity index (χ1) is 34.0. The molecule has 72 heavy (non-hydrogen) atoms. The van der Waals surface area contributed by atoms with Gasteiger partial charge in [-0.05, 0) is 61.6 Å². The number of rotatable bonds is 9. The van der Waals surface area contributed by atoms with Gasteiger partial charge >= 0.3 is 18.2 Å². The molecule has 18 nitrogen and oxygen atoms in total. The molecule has 22 heteroatoms. The van der Waals surface area contributed by atoms with E-state index in [9.17, 15) is 42.3 Å². The van der Waals surface area contributed by atoms with E-state index in [0.717, 1.165) is 5.01 Å². The molecular weight excluding hydrogens is 960 g/mol. The minimum atomic E-state index is -4.63. The van der Waals surface area contributed by atoms with Crippen LogP contribution in [-0.2, 0) is 52.8 Å². The van der Waals surface area contributed by atoms with Gasteiger partial charge in [0.05, 0.1) is 61.0 Å². The Kier molecular flexibility index (Phi) is 14.7. The van der Waals surface area contributed by atoms with Crippen molar-refractivity contribution in [2.45, 2.75) is 103 Å². The number of hydrogen-bond acceptors (Lipinski definition) is 13. The predicted molar refractivity (Wildman–Crippen MR) is 260 cm³/mol. The van der Waals surface area contributed by atoms with Gasteiger partial charge < -0.3 is 43.9 Å². The number of esters is 1. The highest BCUT2D eigenvalue weighted by molar-refractivity contribution is 7.10. The van der Waals surface area contributed by atoms with Gasteiger partial charge in [-0.15, -0.1) is 11.3 Å². The van der Waals surface area contributed by atoms with E-state index in [-0.39, 0.29) is 70.1 Å². The summed E-state index contributed by atoms with van der Waals surface area (Å²) < 4.78 is 62.8. The van der Waals surface area contributed by atoms with Crippen molar-refractivity contribution in [2.75, 3.05) is 60.1 Å². The van der Waals surface area contributed by atoms with E-state index < -0.39 is 77.4 Å². The number of alkyl halides is 3. The summed E-state index contributed by atoms with van der Waals surface area (Å²) in [6.45, 7) is 12.3. The molecule has 4 atom stereocenters. The first-order valence-electron chi connectivity index (χ1n) is 24.0. The summed E-state index contributed by atoms with van der Waals surface area (Å²) in [6.07, 6.45) is -2.44. The second-order valence-electron chi connectivity index (χ2n) is 20.4. The number of likely N-dealkylation sites (tertiary alicyclic amines) is 1. The Balaban J connectivity index is 1.16. The number of hydrogen-bond donors (Lipinski definition) is 3. The van der Waals surface area contributed by atoms with Crippen molar-refractivity contribution < 1.29 is 56.5 Å². The molecule has 1 aromatic carbocycles. The lowest BCUT2D eigenvalue weighted by molar-refractivity contribution is -0.189. The molecule has 3 aromatic heterocycles. The predicted octanol–water partition coefficient (Wildman–Crippen LogP) is 5.24. The van der Waals surface area contributed by atoms with Crippen LogP contribution in [0.5, 0.6) is 0 Å². The first kappa shape index (κ1) is 52.4. The van der Waals surface area contributed by atoms with E-state index in [0.29, 0.717) is 57.1 Å². The SMILES string of the molecule is C=CC(=O)N1CCOC2(C1)CN(C(=O)N(C)[C@H](C(=O)N[C@H]1Cc3nc(cs3)-c3ccc4c(c3)c(c(-c3cccnc3[C@H](C)OC)n4CC(F)(F)F)CC(C)(C)COC(=O)[C@@]3(O)CCCN(N3)C1=O)C(C)C)C2. The molecule has 3 saturated heterocycles. The van der Waals surface area contributed by atoms with Crippen LogP contribution in [-0.4, -0.2) is 159 Å². The summed E-state index contributed by atoms with van der Waals surface area (Å²) in [5.74, 6) is -3.09. The topological polar surface area (TPSA) is 201 Å². The number of fused-ring (bicyclic) bond motifs is 6. The minimum absolute atomic E-state index is 0.0501. The minimum Gasteiger partial charge on any atom is -0.462 e. The third-order valence-electron chi connectivity index (χ3n) is 13.9. The van der Waals surface area contributed by atoms with Crippen molar-refractivity contribution in [3.8, 4) is 22.5 Å². The zero-order chi connectivity index (χ0) is 52.1. The molecule has 6 bridgehead atoms.